The fourth-order valence-electron chi connectivity index (χ4n) is 1.99. The predicted octanol–water partition coefficient (Wildman–Crippen LogP) is 4.67. The molecule has 118 valence electrons. The Morgan fingerprint density at radius 1 is 1.39 bits per heavy atom. The maximum Gasteiger partial charge on any atom is 0.218 e. The first-order chi connectivity index (χ1) is 10.9. The summed E-state index contributed by atoms with van der Waals surface area (Å²) in [4.78, 5) is 3.78. The molecule has 0 N–H and O–H groups in total. The molecule has 1 aromatic heterocycles. The standard InChI is InChI=1S/C15H10Cl2N2O2S2/c16-10-3-4-13(17)14(5-10)23(20,21)12(7-18)6-11-8-22-15(19-11)9-1-2-9/h3-6,8-9H,1-2H2. The van der Waals surface area contributed by atoms with Crippen molar-refractivity contribution in [2.75, 3.05) is 0 Å². The molecule has 0 radical (unpaired) electrons. The van der Waals surface area contributed by atoms with Crippen molar-refractivity contribution < 1.29 is 8.42 Å². The largest absolute Gasteiger partial charge is 0.242 e. The van der Waals surface area contributed by atoms with Gasteiger partial charge in [0.2, 0.25) is 9.84 Å². The molecule has 0 saturated heterocycles. The van der Waals surface area contributed by atoms with Gasteiger partial charge in [0.25, 0.3) is 0 Å². The van der Waals surface area contributed by atoms with Crippen LogP contribution in [0.2, 0.25) is 10.0 Å². The van der Waals surface area contributed by atoms with E-state index in [2.05, 4.69) is 4.98 Å². The summed E-state index contributed by atoms with van der Waals surface area (Å²) < 4.78 is 25.3. The van der Waals surface area contributed by atoms with E-state index >= 15 is 0 Å². The van der Waals surface area contributed by atoms with Crippen molar-refractivity contribution in [2.24, 2.45) is 0 Å². The first kappa shape index (κ1) is 16.5. The highest BCUT2D eigenvalue weighted by Crippen LogP contribution is 2.41. The highest BCUT2D eigenvalue weighted by Gasteiger charge is 2.27. The molecule has 1 heterocycles. The number of benzene rings is 1. The zero-order chi connectivity index (χ0) is 16.6. The molecular formula is C15H10Cl2N2O2S2. The van der Waals surface area contributed by atoms with Crippen LogP contribution in [0.25, 0.3) is 6.08 Å². The molecule has 0 unspecified atom stereocenters. The van der Waals surface area contributed by atoms with Crippen LogP contribution in [0, 0.1) is 11.3 Å². The van der Waals surface area contributed by atoms with Crippen molar-refractivity contribution in [3.8, 4) is 6.07 Å². The third-order valence-electron chi connectivity index (χ3n) is 3.33. The lowest BCUT2D eigenvalue weighted by Crippen LogP contribution is -2.04. The van der Waals surface area contributed by atoms with Crippen LogP contribution in [0.3, 0.4) is 0 Å². The van der Waals surface area contributed by atoms with E-state index in [9.17, 15) is 13.7 Å². The number of sulfone groups is 1. The molecule has 0 aliphatic heterocycles. The van der Waals surface area contributed by atoms with E-state index in [1.165, 1.54) is 35.6 Å². The van der Waals surface area contributed by atoms with Crippen molar-refractivity contribution >= 4 is 50.5 Å². The quantitative estimate of drug-likeness (QED) is 0.718. The number of hydrogen-bond acceptors (Lipinski definition) is 5. The summed E-state index contributed by atoms with van der Waals surface area (Å²) in [6.07, 6.45) is 3.49. The van der Waals surface area contributed by atoms with Gasteiger partial charge in [0.15, 0.2) is 4.91 Å². The van der Waals surface area contributed by atoms with Crippen LogP contribution in [0.5, 0.6) is 0 Å². The molecule has 8 heteroatoms. The number of rotatable bonds is 4. The van der Waals surface area contributed by atoms with Crippen molar-refractivity contribution in [3.05, 3.63) is 49.2 Å². The summed E-state index contributed by atoms with van der Waals surface area (Å²) >= 11 is 13.3. The minimum atomic E-state index is -4.05. The summed E-state index contributed by atoms with van der Waals surface area (Å²) in [5.74, 6) is 0.478. The second-order valence-electron chi connectivity index (χ2n) is 5.08. The third-order valence-corrected chi connectivity index (χ3v) is 6.73. The van der Waals surface area contributed by atoms with Crippen LogP contribution in [-0.2, 0) is 9.84 Å². The van der Waals surface area contributed by atoms with Gasteiger partial charge in [0.1, 0.15) is 6.07 Å². The maximum atomic E-state index is 12.6. The lowest BCUT2D eigenvalue weighted by molar-refractivity contribution is 0.603. The molecule has 23 heavy (non-hydrogen) atoms. The lowest BCUT2D eigenvalue weighted by atomic mass is 10.4. The SMILES string of the molecule is N#CC(=Cc1csc(C2CC2)n1)S(=O)(=O)c1cc(Cl)ccc1Cl. The Labute approximate surface area is 147 Å². The molecule has 1 aliphatic rings. The molecule has 2 aromatic rings. The Hall–Kier alpha value is -1.39. The van der Waals surface area contributed by atoms with Gasteiger partial charge < -0.3 is 0 Å². The average Bonchev–Trinajstić information content (AvgIpc) is 3.26. The molecule has 1 saturated carbocycles. The number of allylic oxidation sites excluding steroid dienone is 1. The number of nitriles is 1. The van der Waals surface area contributed by atoms with Crippen molar-refractivity contribution in [2.45, 2.75) is 23.7 Å². The molecular weight excluding hydrogens is 375 g/mol. The Kier molecular flexibility index (Phi) is 4.47. The fraction of sp³-hybridized carbons (Fsp3) is 0.200. The molecule has 1 aliphatic carbocycles. The minimum Gasteiger partial charge on any atom is -0.242 e. The van der Waals surface area contributed by atoms with E-state index < -0.39 is 14.7 Å². The zero-order valence-electron chi connectivity index (χ0n) is 11.7. The fourth-order valence-corrected chi connectivity index (χ4v) is 4.84. The van der Waals surface area contributed by atoms with Gasteiger partial charge >= 0.3 is 0 Å². The van der Waals surface area contributed by atoms with Crippen molar-refractivity contribution in [1.82, 2.24) is 4.98 Å². The number of aromatic nitrogens is 1. The van der Waals surface area contributed by atoms with Crippen LogP contribution in [0.4, 0.5) is 0 Å². The Balaban J connectivity index is 2.03. The Morgan fingerprint density at radius 3 is 2.78 bits per heavy atom. The van der Waals surface area contributed by atoms with Crippen LogP contribution in [-0.4, -0.2) is 13.4 Å². The van der Waals surface area contributed by atoms with E-state index in [4.69, 9.17) is 23.2 Å². The smallest absolute Gasteiger partial charge is 0.218 e. The van der Waals surface area contributed by atoms with E-state index in [0.29, 0.717) is 11.6 Å². The molecule has 1 fully saturated rings. The molecule has 4 nitrogen and oxygen atoms in total. The van der Waals surface area contributed by atoms with Crippen molar-refractivity contribution in [3.63, 3.8) is 0 Å². The minimum absolute atomic E-state index is 0.0208. The molecule has 0 spiro atoms. The van der Waals surface area contributed by atoms with Crippen molar-refractivity contribution in [1.29, 1.82) is 5.26 Å². The van der Waals surface area contributed by atoms with Crippen LogP contribution in [0.1, 0.15) is 29.5 Å². The zero-order valence-corrected chi connectivity index (χ0v) is 14.8. The number of hydrogen-bond donors (Lipinski definition) is 0. The Morgan fingerprint density at radius 2 is 2.13 bits per heavy atom. The van der Waals surface area contributed by atoms with E-state index in [1.54, 1.807) is 11.4 Å². The predicted molar refractivity (Wildman–Crippen MR) is 91.3 cm³/mol. The Bertz CT molecular complexity index is 939. The van der Waals surface area contributed by atoms with E-state index in [0.717, 1.165) is 17.8 Å². The highest BCUT2D eigenvalue weighted by atomic mass is 35.5. The average molecular weight is 385 g/mol. The molecule has 0 atom stereocenters. The second-order valence-corrected chi connectivity index (χ2v) is 8.70. The monoisotopic (exact) mass is 384 g/mol. The molecule has 0 amide bonds. The van der Waals surface area contributed by atoms with Gasteiger partial charge in [-0.05, 0) is 37.1 Å². The summed E-state index contributed by atoms with van der Waals surface area (Å²) in [5.41, 5.74) is 0.468. The summed E-state index contributed by atoms with van der Waals surface area (Å²) in [6.45, 7) is 0. The summed E-state index contributed by atoms with van der Waals surface area (Å²) in [7, 11) is -4.05. The number of nitrogens with zero attached hydrogens (tertiary/aromatic N) is 2. The number of thiazole rings is 1. The second kappa shape index (κ2) is 6.25. The maximum absolute atomic E-state index is 12.6. The first-order valence-electron chi connectivity index (χ1n) is 6.69. The van der Waals surface area contributed by atoms with Gasteiger partial charge in [-0.25, -0.2) is 13.4 Å². The van der Waals surface area contributed by atoms with E-state index in [-0.39, 0.29) is 14.9 Å². The van der Waals surface area contributed by atoms with Gasteiger partial charge in [0.05, 0.1) is 20.6 Å². The van der Waals surface area contributed by atoms with Gasteiger partial charge in [-0.2, -0.15) is 5.26 Å². The van der Waals surface area contributed by atoms with E-state index in [1.807, 2.05) is 0 Å². The highest BCUT2D eigenvalue weighted by molar-refractivity contribution is 7.95. The molecule has 0 bridgehead atoms. The lowest BCUT2D eigenvalue weighted by Gasteiger charge is -2.05. The summed E-state index contributed by atoms with van der Waals surface area (Å²) in [6, 6.07) is 5.84. The van der Waals surface area contributed by atoms with Gasteiger partial charge in [-0.3, -0.25) is 0 Å². The van der Waals surface area contributed by atoms with Gasteiger partial charge in [0, 0.05) is 16.3 Å². The normalized spacial score (nSPS) is 15.4. The van der Waals surface area contributed by atoms with Crippen LogP contribution in [0.15, 0.2) is 33.4 Å². The van der Waals surface area contributed by atoms with Gasteiger partial charge in [-0.1, -0.05) is 23.2 Å². The third kappa shape index (κ3) is 3.43. The van der Waals surface area contributed by atoms with Crippen LogP contribution >= 0.6 is 34.5 Å². The summed E-state index contributed by atoms with van der Waals surface area (Å²) in [5, 5.41) is 12.3. The first-order valence-corrected chi connectivity index (χ1v) is 9.81. The van der Waals surface area contributed by atoms with Crippen LogP contribution < -0.4 is 0 Å². The molecule has 3 rings (SSSR count). The number of halogens is 2. The molecule has 1 aromatic carbocycles. The topological polar surface area (TPSA) is 70.8 Å². The van der Waals surface area contributed by atoms with Gasteiger partial charge in [-0.15, -0.1) is 11.3 Å².